The van der Waals surface area contributed by atoms with E-state index in [1.165, 1.54) is 19.3 Å². The van der Waals surface area contributed by atoms with Crippen molar-refractivity contribution in [3.05, 3.63) is 194 Å². The standard InChI is InChI=1S/C87H138O17P2/c1-5-9-13-17-21-25-29-33-37-39-40-42-46-48-52-56-60-64-68-72-85(90)98-78-83(104-87(92)74-70-66-62-58-54-50-44-36-32-28-24-20-16-12-8-4)80-102-106(95,96)100-76-81(88)75-99-105(93,94)101-79-82(103-86(91)73-69-65-61-57-53-49-43-35-31-27-23-19-15-11-7-3)77-97-84(89)71-67-63-59-55-51-47-45-41-38-34-30-26-22-18-14-10-6-2/h9-10,12-14,16,21-28,33-38,40,42-45,47,54-55,58-59,66,70,81-83,88H,5-8,11,15,17-20,29-32,39,41,46,48-53,56-57,60-65,67-69,71-80H2,1-4H3,(H,93,94)(H,95,96)/b13-9-,14-10-,16-12-,25-21-,26-22-,27-23-,28-24-,37-33-,38-34-,42-40-,43-35-,44-36-,47-45-,58-54-,59-55-,70-66-. The smallest absolute Gasteiger partial charge is 0.462 e. The first-order valence-corrected chi connectivity index (χ1v) is 42.7. The van der Waals surface area contributed by atoms with Crippen LogP contribution in [0.5, 0.6) is 0 Å². The molecule has 0 aliphatic rings. The number of phosphoric ester groups is 2. The summed E-state index contributed by atoms with van der Waals surface area (Å²) in [6.07, 6.45) is 94.5. The van der Waals surface area contributed by atoms with Gasteiger partial charge in [-0.2, -0.15) is 0 Å². The second kappa shape index (κ2) is 77.1. The lowest BCUT2D eigenvalue weighted by Gasteiger charge is -2.21. The molecule has 598 valence electrons. The Bertz CT molecular complexity index is 2780. The molecule has 0 aliphatic heterocycles. The summed E-state index contributed by atoms with van der Waals surface area (Å²) < 4.78 is 68.4. The number of esters is 4. The van der Waals surface area contributed by atoms with Crippen LogP contribution in [-0.2, 0) is 65.4 Å². The Morgan fingerprint density at radius 3 is 0.877 bits per heavy atom. The minimum Gasteiger partial charge on any atom is -0.462 e. The number of hydrogen-bond donors (Lipinski definition) is 3. The van der Waals surface area contributed by atoms with E-state index in [4.69, 9.17) is 37.0 Å². The van der Waals surface area contributed by atoms with Gasteiger partial charge in [0.1, 0.15) is 19.3 Å². The van der Waals surface area contributed by atoms with Gasteiger partial charge in [0.2, 0.25) is 0 Å². The van der Waals surface area contributed by atoms with Gasteiger partial charge >= 0.3 is 39.5 Å². The highest BCUT2D eigenvalue weighted by atomic mass is 31.2. The van der Waals surface area contributed by atoms with Crippen LogP contribution in [-0.4, -0.2) is 96.7 Å². The molecule has 0 aromatic rings. The van der Waals surface area contributed by atoms with Crippen LogP contribution in [0.2, 0.25) is 0 Å². The molecule has 0 bridgehead atoms. The van der Waals surface area contributed by atoms with E-state index in [0.29, 0.717) is 32.1 Å². The number of allylic oxidation sites excluding steroid dienone is 31. The fourth-order valence-electron chi connectivity index (χ4n) is 9.65. The molecule has 0 amide bonds. The van der Waals surface area contributed by atoms with Crippen molar-refractivity contribution in [2.45, 2.75) is 290 Å². The number of aliphatic hydroxyl groups is 1. The molecule has 0 heterocycles. The van der Waals surface area contributed by atoms with Crippen LogP contribution >= 0.6 is 15.6 Å². The zero-order valence-corrected chi connectivity index (χ0v) is 67.1. The van der Waals surface area contributed by atoms with Gasteiger partial charge in [-0.3, -0.25) is 37.3 Å². The number of ether oxygens (including phenoxy) is 4. The third-order valence-electron chi connectivity index (χ3n) is 15.6. The molecule has 0 radical (unpaired) electrons. The lowest BCUT2D eigenvalue weighted by molar-refractivity contribution is -0.161. The topological polar surface area (TPSA) is 237 Å². The number of carbonyl (C=O) groups is 4. The quantitative estimate of drug-likeness (QED) is 0.0169. The van der Waals surface area contributed by atoms with E-state index in [9.17, 15) is 43.2 Å². The van der Waals surface area contributed by atoms with Gasteiger partial charge in [0.05, 0.1) is 32.8 Å². The maximum atomic E-state index is 13.1. The number of aliphatic hydroxyl groups excluding tert-OH is 1. The zero-order valence-electron chi connectivity index (χ0n) is 65.3. The van der Waals surface area contributed by atoms with Crippen molar-refractivity contribution >= 4 is 39.5 Å². The summed E-state index contributed by atoms with van der Waals surface area (Å²) in [5, 5.41) is 10.6. The molecule has 0 saturated carbocycles. The van der Waals surface area contributed by atoms with E-state index in [-0.39, 0.29) is 25.7 Å². The molecule has 0 rings (SSSR count). The first kappa shape index (κ1) is 99.9. The largest absolute Gasteiger partial charge is 0.472 e. The van der Waals surface area contributed by atoms with E-state index >= 15 is 0 Å². The Hall–Kier alpha value is -6.10. The van der Waals surface area contributed by atoms with Crippen LogP contribution in [0, 0.1) is 0 Å². The first-order valence-electron chi connectivity index (χ1n) is 39.7. The van der Waals surface area contributed by atoms with Crippen LogP contribution in [0.15, 0.2) is 194 Å². The minimum absolute atomic E-state index is 0.0566. The maximum absolute atomic E-state index is 13.1. The van der Waals surface area contributed by atoms with Gasteiger partial charge in [-0.25, -0.2) is 9.13 Å². The van der Waals surface area contributed by atoms with Crippen molar-refractivity contribution in [3.8, 4) is 0 Å². The van der Waals surface area contributed by atoms with Crippen molar-refractivity contribution in [2.75, 3.05) is 39.6 Å². The SMILES string of the molecule is CC/C=C\C/C=C\C/C=C\C/C=C\C/C=C\CCCC(=O)OCC(COP(=O)(O)OCC(O)COP(=O)(O)OCC(COC(=O)CCCCCCCC/C=C\C/C=C\C/C=C\C/C=C\CC)OC(=O)C/C=C\C/C=C\C/C=C\C/C=C\C/C=C\CC)OC(=O)CCCCCCC/C=C\C/C=C\CCCCC. The van der Waals surface area contributed by atoms with Crippen LogP contribution in [0.3, 0.4) is 0 Å². The predicted octanol–water partition coefficient (Wildman–Crippen LogP) is 23.3. The molecular weight excluding hydrogens is 1380 g/mol. The van der Waals surface area contributed by atoms with Crippen LogP contribution in [0.4, 0.5) is 0 Å². The Morgan fingerprint density at radius 2 is 0.538 bits per heavy atom. The van der Waals surface area contributed by atoms with Gasteiger partial charge in [0.15, 0.2) is 12.2 Å². The minimum atomic E-state index is -5.02. The van der Waals surface area contributed by atoms with Crippen molar-refractivity contribution in [1.29, 1.82) is 0 Å². The summed E-state index contributed by atoms with van der Waals surface area (Å²) in [6.45, 7) is 4.26. The van der Waals surface area contributed by atoms with Gasteiger partial charge in [-0.05, 0) is 161 Å². The highest BCUT2D eigenvalue weighted by Crippen LogP contribution is 2.45. The van der Waals surface area contributed by atoms with Crippen molar-refractivity contribution in [2.24, 2.45) is 0 Å². The summed E-state index contributed by atoms with van der Waals surface area (Å²) in [4.78, 5) is 73.0. The Balaban J connectivity index is 5.52. The molecule has 0 aromatic carbocycles. The molecule has 17 nitrogen and oxygen atoms in total. The molecule has 5 unspecified atom stereocenters. The van der Waals surface area contributed by atoms with E-state index in [1.54, 1.807) is 12.2 Å². The number of unbranched alkanes of at least 4 members (excludes halogenated alkanes) is 15. The van der Waals surface area contributed by atoms with E-state index in [1.807, 2.05) is 24.3 Å². The Kier molecular flexibility index (Phi) is 72.6. The second-order valence-electron chi connectivity index (χ2n) is 25.5. The molecule has 0 aromatic heterocycles. The number of hydrogen-bond acceptors (Lipinski definition) is 15. The number of phosphoric acid groups is 2. The van der Waals surface area contributed by atoms with Crippen molar-refractivity contribution < 1.29 is 80.2 Å². The second-order valence-corrected chi connectivity index (χ2v) is 28.4. The lowest BCUT2D eigenvalue weighted by atomic mass is 10.1. The molecule has 0 spiro atoms. The fraction of sp³-hybridized carbons (Fsp3) is 0.586. The van der Waals surface area contributed by atoms with Gasteiger partial charge < -0.3 is 33.8 Å². The van der Waals surface area contributed by atoms with E-state index < -0.39 is 97.5 Å². The third kappa shape index (κ3) is 76.1. The Morgan fingerprint density at radius 1 is 0.283 bits per heavy atom. The summed E-state index contributed by atoms with van der Waals surface area (Å²) in [6, 6.07) is 0. The highest BCUT2D eigenvalue weighted by Gasteiger charge is 2.30. The summed E-state index contributed by atoms with van der Waals surface area (Å²) >= 11 is 0. The molecular formula is C87H138O17P2. The molecule has 3 N–H and O–H groups in total. The van der Waals surface area contributed by atoms with Gasteiger partial charge in [-0.1, -0.05) is 280 Å². The highest BCUT2D eigenvalue weighted by molar-refractivity contribution is 7.47. The van der Waals surface area contributed by atoms with Gasteiger partial charge in [0, 0.05) is 19.3 Å². The lowest BCUT2D eigenvalue weighted by Crippen LogP contribution is -2.30. The van der Waals surface area contributed by atoms with Crippen molar-refractivity contribution in [3.63, 3.8) is 0 Å². The molecule has 5 atom stereocenters. The number of carbonyl (C=O) groups excluding carboxylic acids is 4. The maximum Gasteiger partial charge on any atom is 0.472 e. The third-order valence-corrected chi connectivity index (χ3v) is 17.5. The van der Waals surface area contributed by atoms with E-state index in [0.717, 1.165) is 167 Å². The number of rotatable bonds is 72. The summed E-state index contributed by atoms with van der Waals surface area (Å²) in [5.74, 6) is -2.44. The van der Waals surface area contributed by atoms with Gasteiger partial charge in [0.25, 0.3) is 0 Å². The monoisotopic (exact) mass is 1520 g/mol. The molecule has 106 heavy (non-hydrogen) atoms. The van der Waals surface area contributed by atoms with Crippen LogP contribution < -0.4 is 0 Å². The first-order chi connectivity index (χ1) is 51.7. The molecule has 0 saturated heterocycles. The molecule has 0 fully saturated rings. The molecule has 0 aliphatic carbocycles. The molecule has 19 heteroatoms. The van der Waals surface area contributed by atoms with E-state index in [2.05, 4.69) is 186 Å². The van der Waals surface area contributed by atoms with Gasteiger partial charge in [-0.15, -0.1) is 0 Å². The predicted molar refractivity (Wildman–Crippen MR) is 436 cm³/mol. The Labute approximate surface area is 640 Å². The van der Waals surface area contributed by atoms with Crippen LogP contribution in [0.1, 0.15) is 272 Å². The fourth-order valence-corrected chi connectivity index (χ4v) is 11.2. The van der Waals surface area contributed by atoms with Crippen LogP contribution in [0.25, 0.3) is 0 Å². The summed E-state index contributed by atoms with van der Waals surface area (Å²) in [7, 11) is -10.0. The normalized spacial score (nSPS) is 14.9. The average Bonchev–Trinajstić information content (AvgIpc) is 0.928. The van der Waals surface area contributed by atoms with Crippen molar-refractivity contribution in [1.82, 2.24) is 0 Å². The summed E-state index contributed by atoms with van der Waals surface area (Å²) in [5.41, 5.74) is 0. The average molecular weight is 1520 g/mol. The zero-order chi connectivity index (χ0) is 77.4.